The number of carbonyl (C=O) groups is 3. The summed E-state index contributed by atoms with van der Waals surface area (Å²) in [6, 6.07) is 5.43. The van der Waals surface area contributed by atoms with Crippen LogP contribution in [0.4, 0.5) is 0 Å². The third-order valence-electron chi connectivity index (χ3n) is 15.8. The Labute approximate surface area is 384 Å². The zero-order chi connectivity index (χ0) is 45.5. The normalized spacial score (nSPS) is 35.0. The van der Waals surface area contributed by atoms with E-state index in [1.165, 1.54) is 5.57 Å². The van der Waals surface area contributed by atoms with Crippen LogP contribution in [0.2, 0.25) is 0 Å². The highest BCUT2D eigenvalue weighted by molar-refractivity contribution is 6.33. The molecule has 9 aliphatic rings. The number of ether oxygens (including phenoxy) is 2. The molecule has 0 radical (unpaired) electrons. The van der Waals surface area contributed by atoms with Crippen LogP contribution >= 0.6 is 0 Å². The zero-order valence-electron chi connectivity index (χ0n) is 38.5. The van der Waals surface area contributed by atoms with Crippen molar-refractivity contribution in [2.45, 2.75) is 102 Å². The first-order valence-corrected chi connectivity index (χ1v) is 24.0. The summed E-state index contributed by atoms with van der Waals surface area (Å²) in [5.41, 5.74) is 8.09. The second-order valence-electron chi connectivity index (χ2n) is 20.0. The van der Waals surface area contributed by atoms with Crippen molar-refractivity contribution >= 4 is 17.5 Å². The minimum Gasteiger partial charge on any atom is -0.463 e. The Hall–Kier alpha value is -4.85. The van der Waals surface area contributed by atoms with E-state index in [9.17, 15) is 5.11 Å². The molecule has 1 aromatic rings. The molecule has 10 rings (SSSR count). The summed E-state index contributed by atoms with van der Waals surface area (Å²) < 4.78 is 13.0. The number of likely N-dealkylation sites (N-methyl/N-ethyl adjacent to an activating group) is 1. The molecule has 6 bridgehead atoms. The number of nitrogens with one attached hydrogen (secondary N) is 5. The fraction of sp³-hybridized carbons (Fsp3) is 0.528. The van der Waals surface area contributed by atoms with E-state index < -0.39 is 28.7 Å². The number of epoxide rings is 1. The average molecular weight is 885 g/mol. The van der Waals surface area contributed by atoms with Crippen molar-refractivity contribution in [3.63, 3.8) is 0 Å². The number of carbonyl (C=O) groups excluding carboxylic acids is 3. The lowest BCUT2D eigenvalue weighted by Crippen LogP contribution is -2.53. The van der Waals surface area contributed by atoms with Crippen molar-refractivity contribution in [2.75, 3.05) is 40.0 Å². The van der Waals surface area contributed by atoms with E-state index in [2.05, 4.69) is 89.0 Å². The van der Waals surface area contributed by atoms with Gasteiger partial charge in [-0.3, -0.25) is 9.59 Å². The third kappa shape index (κ3) is 8.35. The van der Waals surface area contributed by atoms with Gasteiger partial charge in [-0.15, -0.1) is 0 Å². The molecule has 10 atom stereocenters. The second-order valence-corrected chi connectivity index (χ2v) is 20.0. The van der Waals surface area contributed by atoms with Gasteiger partial charge in [0.25, 0.3) is 5.60 Å². The molecule has 5 aliphatic heterocycles. The van der Waals surface area contributed by atoms with E-state index in [1.807, 2.05) is 38.4 Å². The van der Waals surface area contributed by atoms with Gasteiger partial charge < -0.3 is 46.9 Å². The first kappa shape index (κ1) is 45.3. The molecule has 5 heterocycles. The summed E-state index contributed by atoms with van der Waals surface area (Å²) in [4.78, 5) is 46.0. The Kier molecular flexibility index (Phi) is 12.9. The number of aliphatic hydroxyl groups excluding tert-OH is 1. The van der Waals surface area contributed by atoms with Crippen LogP contribution in [0.3, 0.4) is 0 Å². The molecule has 346 valence electrons. The topological polar surface area (TPSA) is 179 Å². The highest BCUT2D eigenvalue weighted by atomic mass is 16.7. The average Bonchev–Trinajstić information content (AvgIpc) is 4.01. The largest absolute Gasteiger partial charge is 0.463 e. The Morgan fingerprint density at radius 1 is 1.08 bits per heavy atom. The van der Waals surface area contributed by atoms with E-state index in [0.717, 1.165) is 66.8 Å². The van der Waals surface area contributed by atoms with Crippen molar-refractivity contribution in [1.29, 1.82) is 0 Å². The molecular weight excluding hydrogens is 817 g/mol. The summed E-state index contributed by atoms with van der Waals surface area (Å²) >= 11 is 0. The van der Waals surface area contributed by atoms with Gasteiger partial charge in [-0.05, 0) is 135 Å². The number of hydrogen-bond donors (Lipinski definition) is 7. The Morgan fingerprint density at radius 2 is 1.94 bits per heavy atom. The van der Waals surface area contributed by atoms with Gasteiger partial charge in [-0.2, -0.15) is 0 Å². The highest BCUT2D eigenvalue weighted by Crippen LogP contribution is 2.61. The van der Waals surface area contributed by atoms with Crippen molar-refractivity contribution in [3.8, 4) is 0 Å². The fourth-order valence-corrected chi connectivity index (χ4v) is 12.4. The number of rotatable bonds is 13. The number of ketones is 2. The van der Waals surface area contributed by atoms with Crippen LogP contribution < -0.4 is 32.3 Å². The molecule has 1 saturated heterocycles. The molecule has 1 fully saturated rings. The third-order valence-corrected chi connectivity index (χ3v) is 15.8. The van der Waals surface area contributed by atoms with E-state index in [-0.39, 0.29) is 66.1 Å². The smallest absolute Gasteiger partial charge is 0.350 e. The van der Waals surface area contributed by atoms with Crippen molar-refractivity contribution in [3.05, 3.63) is 129 Å². The van der Waals surface area contributed by atoms with Gasteiger partial charge in [0.2, 0.25) is 5.78 Å². The lowest BCUT2D eigenvalue weighted by Gasteiger charge is -2.49. The summed E-state index contributed by atoms with van der Waals surface area (Å²) in [7, 11) is 1.88. The maximum Gasteiger partial charge on any atom is 0.350 e. The molecule has 4 aliphatic carbocycles. The van der Waals surface area contributed by atoms with Gasteiger partial charge >= 0.3 is 5.97 Å². The second kappa shape index (κ2) is 18.4. The Morgan fingerprint density at radius 3 is 2.72 bits per heavy atom. The maximum absolute atomic E-state index is 15.6. The molecule has 1 spiro atoms. The molecule has 65 heavy (non-hydrogen) atoms. The van der Waals surface area contributed by atoms with Gasteiger partial charge in [0, 0.05) is 42.3 Å². The van der Waals surface area contributed by atoms with Crippen molar-refractivity contribution < 1.29 is 29.0 Å². The van der Waals surface area contributed by atoms with Gasteiger partial charge in [0.05, 0.1) is 26.0 Å². The molecule has 12 heteroatoms. The quantitative estimate of drug-likeness (QED) is 0.0423. The first-order valence-electron chi connectivity index (χ1n) is 24.0. The first-order chi connectivity index (χ1) is 31.4. The Balaban J connectivity index is 1.10. The van der Waals surface area contributed by atoms with Gasteiger partial charge in [-0.25, -0.2) is 4.79 Å². The zero-order valence-corrected chi connectivity index (χ0v) is 38.5. The monoisotopic (exact) mass is 885 g/mol. The number of esters is 1. The summed E-state index contributed by atoms with van der Waals surface area (Å²) in [6.07, 6.45) is 28.2. The van der Waals surface area contributed by atoms with Crippen molar-refractivity contribution in [1.82, 2.24) is 26.6 Å². The number of aliphatic hydroxyl groups is 1. The summed E-state index contributed by atoms with van der Waals surface area (Å²) in [5.74, 6) is 0.300. The lowest BCUT2D eigenvalue weighted by molar-refractivity contribution is -0.150. The molecule has 8 N–H and O–H groups in total. The van der Waals surface area contributed by atoms with Crippen LogP contribution in [-0.2, 0) is 20.7 Å². The highest BCUT2D eigenvalue weighted by Gasteiger charge is 2.86. The molecule has 12 nitrogen and oxygen atoms in total. The molecule has 0 amide bonds. The number of benzene rings is 1. The van der Waals surface area contributed by atoms with Crippen LogP contribution in [-0.4, -0.2) is 86.1 Å². The van der Waals surface area contributed by atoms with Crippen LogP contribution in [0.25, 0.3) is 0 Å². The van der Waals surface area contributed by atoms with E-state index >= 15 is 14.4 Å². The lowest BCUT2D eigenvalue weighted by atomic mass is 9.57. The molecule has 1 aromatic carbocycles. The molecule has 0 aromatic heterocycles. The SMILES string of the molecule is CCNC1C=C2C=CCC3C4C=CC(C1COC(=O)C15OC1(CC(CO)=C(C)CCC1=CCNC(NCNC)=C1)C(=O)c1cccc(c1C5=O)CC(C)(CC1=CNC(N)C=C1)CCC4)C23. The number of nitrogens with two attached hydrogens (primary N) is 1. The van der Waals surface area contributed by atoms with Gasteiger partial charge in [0.1, 0.15) is 5.82 Å². The van der Waals surface area contributed by atoms with Crippen LogP contribution in [0.5, 0.6) is 0 Å². The predicted octanol–water partition coefficient (Wildman–Crippen LogP) is 5.71. The molecular formula is C53H68N6O6. The maximum atomic E-state index is 15.6. The predicted molar refractivity (Wildman–Crippen MR) is 252 cm³/mol. The van der Waals surface area contributed by atoms with E-state index in [1.54, 1.807) is 6.07 Å². The number of hydrogen-bond acceptors (Lipinski definition) is 12. The van der Waals surface area contributed by atoms with Crippen LogP contribution in [0.1, 0.15) is 98.4 Å². The minimum atomic E-state index is -2.19. The van der Waals surface area contributed by atoms with Gasteiger partial charge in [-0.1, -0.05) is 86.6 Å². The van der Waals surface area contributed by atoms with E-state index in [4.69, 9.17) is 15.2 Å². The molecule has 10 unspecified atom stereocenters. The summed E-state index contributed by atoms with van der Waals surface area (Å²) in [5, 5.41) is 27.7. The number of fused-ring (bicyclic) bond motifs is 6. The van der Waals surface area contributed by atoms with Gasteiger partial charge in [0.15, 0.2) is 11.4 Å². The number of dihydropyridines is 2. The van der Waals surface area contributed by atoms with E-state index in [0.29, 0.717) is 49.9 Å². The fourth-order valence-electron chi connectivity index (χ4n) is 12.4. The molecule has 0 saturated carbocycles. The number of allylic oxidation sites excluding steroid dienone is 10. The van der Waals surface area contributed by atoms with Crippen molar-refractivity contribution in [2.24, 2.45) is 40.7 Å². The summed E-state index contributed by atoms with van der Waals surface area (Å²) in [6.45, 7) is 8.08. The standard InChI is InChI=1S/C53H68N6O6/c1-5-56-43-24-36-9-6-12-39-35-11-8-21-51(3,25-34-16-19-44(54)58-28-34)26-37-10-7-13-41-47(37)49(62)53(50(63)64-30-42(43)40(18-17-35)46(36)39)52(65-53,48(41)61)27-38(29-60)32(2)14-15-33-20-22-57-45(23-33)59-31-55-4/h6-7,9-10,13,16-20,23-24,28,35,39-40,42-44,46,55-60H,5,8,11-12,14-15,21-22,25-27,29-31,54H2,1-4H3. The minimum absolute atomic E-state index is 0.0614. The Bertz CT molecular complexity index is 2340. The van der Waals surface area contributed by atoms with Crippen LogP contribution in [0.15, 0.2) is 113 Å². The van der Waals surface area contributed by atoms with Crippen LogP contribution in [0, 0.1) is 35.0 Å². The number of Topliss-reactive ketones (excluding diaryl/α,β-unsaturated/α-hetero) is 2.